The Balaban J connectivity index is 2.65. The number of anilines is 1. The Morgan fingerprint density at radius 2 is 1.91 bits per heavy atom. The van der Waals surface area contributed by atoms with Crippen molar-refractivity contribution in [2.45, 2.75) is 33.2 Å². The van der Waals surface area contributed by atoms with Crippen LogP contribution in [0.1, 0.15) is 25.8 Å². The fraction of sp³-hybridized carbons (Fsp3) is 0.714. The first kappa shape index (κ1) is 8.46. The molecule has 0 radical (unpaired) electrons. The van der Waals surface area contributed by atoms with Crippen molar-refractivity contribution >= 4 is 16.5 Å². The standard InChI is InChI=1S/C7H13N3S/c1-5-9-10-6(11-5)8-7(2,3)4/h1-4H3,(H,8,10). The highest BCUT2D eigenvalue weighted by Gasteiger charge is 2.11. The molecule has 0 saturated carbocycles. The van der Waals surface area contributed by atoms with Crippen molar-refractivity contribution in [1.82, 2.24) is 10.2 Å². The summed E-state index contributed by atoms with van der Waals surface area (Å²) < 4.78 is 0. The molecule has 1 N–H and O–H groups in total. The van der Waals surface area contributed by atoms with Gasteiger partial charge in [0.05, 0.1) is 0 Å². The van der Waals surface area contributed by atoms with E-state index in [1.165, 1.54) is 0 Å². The summed E-state index contributed by atoms with van der Waals surface area (Å²) >= 11 is 1.58. The van der Waals surface area contributed by atoms with Gasteiger partial charge in [-0.3, -0.25) is 0 Å². The smallest absolute Gasteiger partial charge is 0.206 e. The van der Waals surface area contributed by atoms with Crippen LogP contribution in [0.4, 0.5) is 5.13 Å². The zero-order chi connectivity index (χ0) is 8.48. The minimum atomic E-state index is 0.0754. The van der Waals surface area contributed by atoms with E-state index in [9.17, 15) is 0 Å². The quantitative estimate of drug-likeness (QED) is 0.702. The van der Waals surface area contributed by atoms with Gasteiger partial charge in [0.15, 0.2) is 0 Å². The van der Waals surface area contributed by atoms with Crippen molar-refractivity contribution in [2.24, 2.45) is 0 Å². The van der Waals surface area contributed by atoms with E-state index >= 15 is 0 Å². The molecule has 0 aliphatic rings. The fourth-order valence-corrected chi connectivity index (χ4v) is 1.47. The van der Waals surface area contributed by atoms with Gasteiger partial charge in [-0.25, -0.2) is 0 Å². The number of nitrogens with one attached hydrogen (secondary N) is 1. The largest absolute Gasteiger partial charge is 0.355 e. The van der Waals surface area contributed by atoms with Crippen LogP contribution in [0.3, 0.4) is 0 Å². The van der Waals surface area contributed by atoms with Gasteiger partial charge in [0, 0.05) is 5.54 Å². The van der Waals surface area contributed by atoms with Gasteiger partial charge >= 0.3 is 0 Å². The molecular formula is C7H13N3S. The van der Waals surface area contributed by atoms with E-state index in [4.69, 9.17) is 0 Å². The maximum Gasteiger partial charge on any atom is 0.206 e. The van der Waals surface area contributed by atoms with Crippen molar-refractivity contribution in [3.63, 3.8) is 0 Å². The molecule has 0 aliphatic heterocycles. The van der Waals surface area contributed by atoms with Gasteiger partial charge in [-0.15, -0.1) is 10.2 Å². The molecule has 0 atom stereocenters. The van der Waals surface area contributed by atoms with Crippen LogP contribution in [0.25, 0.3) is 0 Å². The van der Waals surface area contributed by atoms with E-state index in [0.717, 1.165) is 10.1 Å². The predicted octanol–water partition coefficient (Wildman–Crippen LogP) is 2.06. The Hall–Kier alpha value is -0.640. The monoisotopic (exact) mass is 171 g/mol. The molecule has 1 heterocycles. The lowest BCUT2D eigenvalue weighted by Gasteiger charge is -2.18. The minimum absolute atomic E-state index is 0.0754. The normalized spacial score (nSPS) is 11.6. The Bertz CT molecular complexity index is 236. The summed E-state index contributed by atoms with van der Waals surface area (Å²) in [5, 5.41) is 13.0. The molecule has 62 valence electrons. The van der Waals surface area contributed by atoms with E-state index in [1.807, 2.05) is 6.92 Å². The molecule has 0 amide bonds. The molecule has 1 rings (SSSR count). The van der Waals surface area contributed by atoms with Gasteiger partial charge in [-0.1, -0.05) is 11.3 Å². The highest BCUT2D eigenvalue weighted by atomic mass is 32.1. The van der Waals surface area contributed by atoms with Gasteiger partial charge in [-0.2, -0.15) is 0 Å². The van der Waals surface area contributed by atoms with Gasteiger partial charge in [-0.05, 0) is 27.7 Å². The lowest BCUT2D eigenvalue weighted by atomic mass is 10.1. The summed E-state index contributed by atoms with van der Waals surface area (Å²) in [5.41, 5.74) is 0.0754. The van der Waals surface area contributed by atoms with Crippen molar-refractivity contribution < 1.29 is 0 Å². The zero-order valence-electron chi connectivity index (χ0n) is 7.30. The van der Waals surface area contributed by atoms with Crippen LogP contribution in [0.5, 0.6) is 0 Å². The summed E-state index contributed by atoms with van der Waals surface area (Å²) in [4.78, 5) is 0. The average molecular weight is 171 g/mol. The first-order chi connectivity index (χ1) is 4.97. The average Bonchev–Trinajstić information content (AvgIpc) is 2.10. The fourth-order valence-electron chi connectivity index (χ4n) is 0.668. The first-order valence-electron chi connectivity index (χ1n) is 3.56. The second-order valence-corrected chi connectivity index (χ2v) is 4.68. The third-order valence-electron chi connectivity index (χ3n) is 1.01. The summed E-state index contributed by atoms with van der Waals surface area (Å²) in [6.45, 7) is 8.25. The van der Waals surface area contributed by atoms with E-state index in [-0.39, 0.29) is 5.54 Å². The minimum Gasteiger partial charge on any atom is -0.355 e. The van der Waals surface area contributed by atoms with Gasteiger partial charge < -0.3 is 5.32 Å². The second-order valence-electron chi connectivity index (χ2n) is 3.50. The predicted molar refractivity (Wildman–Crippen MR) is 48.0 cm³/mol. The van der Waals surface area contributed by atoms with Crippen molar-refractivity contribution in [3.8, 4) is 0 Å². The molecule has 4 heteroatoms. The molecule has 0 bridgehead atoms. The van der Waals surface area contributed by atoms with E-state index in [2.05, 4.69) is 36.3 Å². The van der Waals surface area contributed by atoms with Crippen LogP contribution >= 0.6 is 11.3 Å². The van der Waals surface area contributed by atoms with Crippen molar-refractivity contribution in [3.05, 3.63) is 5.01 Å². The topological polar surface area (TPSA) is 37.8 Å². The highest BCUT2D eigenvalue weighted by molar-refractivity contribution is 7.15. The number of hydrogen-bond donors (Lipinski definition) is 1. The molecule has 1 aromatic heterocycles. The highest BCUT2D eigenvalue weighted by Crippen LogP contribution is 2.18. The summed E-state index contributed by atoms with van der Waals surface area (Å²) in [6, 6.07) is 0. The zero-order valence-corrected chi connectivity index (χ0v) is 8.12. The third-order valence-corrected chi connectivity index (χ3v) is 1.76. The molecular weight excluding hydrogens is 158 g/mol. The Morgan fingerprint density at radius 3 is 2.27 bits per heavy atom. The first-order valence-corrected chi connectivity index (χ1v) is 4.37. The van der Waals surface area contributed by atoms with Crippen LogP contribution < -0.4 is 5.32 Å². The van der Waals surface area contributed by atoms with Crippen molar-refractivity contribution in [1.29, 1.82) is 0 Å². The summed E-state index contributed by atoms with van der Waals surface area (Å²) in [5.74, 6) is 0. The molecule has 3 nitrogen and oxygen atoms in total. The van der Waals surface area contributed by atoms with Crippen LogP contribution in [0.2, 0.25) is 0 Å². The SMILES string of the molecule is Cc1nnc(NC(C)(C)C)s1. The van der Waals surface area contributed by atoms with Gasteiger partial charge in [0.2, 0.25) is 5.13 Å². The molecule has 0 aliphatic carbocycles. The number of hydrogen-bond acceptors (Lipinski definition) is 4. The lowest BCUT2D eigenvalue weighted by Crippen LogP contribution is -2.25. The maximum atomic E-state index is 3.96. The molecule has 11 heavy (non-hydrogen) atoms. The van der Waals surface area contributed by atoms with Crippen LogP contribution in [0, 0.1) is 6.92 Å². The van der Waals surface area contributed by atoms with E-state index in [1.54, 1.807) is 11.3 Å². The number of aryl methyl sites for hydroxylation is 1. The number of rotatable bonds is 1. The van der Waals surface area contributed by atoms with Crippen LogP contribution in [0.15, 0.2) is 0 Å². The second kappa shape index (κ2) is 2.77. The number of aromatic nitrogens is 2. The summed E-state index contributed by atoms with van der Waals surface area (Å²) in [6.07, 6.45) is 0. The molecule has 0 aromatic carbocycles. The van der Waals surface area contributed by atoms with E-state index < -0.39 is 0 Å². The third kappa shape index (κ3) is 2.84. The Labute approximate surface area is 70.9 Å². The summed E-state index contributed by atoms with van der Waals surface area (Å²) in [7, 11) is 0. The van der Waals surface area contributed by atoms with Crippen LogP contribution in [-0.2, 0) is 0 Å². The van der Waals surface area contributed by atoms with Crippen molar-refractivity contribution in [2.75, 3.05) is 5.32 Å². The Morgan fingerprint density at radius 1 is 1.27 bits per heavy atom. The lowest BCUT2D eigenvalue weighted by molar-refractivity contribution is 0.632. The molecule has 0 fully saturated rings. The molecule has 0 saturated heterocycles. The Kier molecular flexibility index (Phi) is 2.13. The maximum absolute atomic E-state index is 3.96. The van der Waals surface area contributed by atoms with E-state index in [0.29, 0.717) is 0 Å². The van der Waals surface area contributed by atoms with Crippen LogP contribution in [-0.4, -0.2) is 15.7 Å². The van der Waals surface area contributed by atoms with Gasteiger partial charge in [0.1, 0.15) is 5.01 Å². The molecule has 0 unspecified atom stereocenters. The molecule has 0 spiro atoms. The van der Waals surface area contributed by atoms with Gasteiger partial charge in [0.25, 0.3) is 0 Å². The molecule has 1 aromatic rings. The number of nitrogens with zero attached hydrogens (tertiary/aromatic N) is 2.